The highest BCUT2D eigenvalue weighted by atomic mass is 31.2. The Hall–Kier alpha value is -2.63. The zero-order valence-corrected chi connectivity index (χ0v) is 19.1. The van der Waals surface area contributed by atoms with Crippen LogP contribution in [0, 0.1) is 5.82 Å². The average Bonchev–Trinajstić information content (AvgIpc) is 3.20. The lowest BCUT2D eigenvalue weighted by Crippen LogP contribution is -2.38. The first-order valence-corrected chi connectivity index (χ1v) is 13.1. The van der Waals surface area contributed by atoms with Gasteiger partial charge in [0.25, 0.3) is 0 Å². The van der Waals surface area contributed by atoms with Crippen molar-refractivity contribution in [1.82, 2.24) is 9.88 Å². The van der Waals surface area contributed by atoms with Gasteiger partial charge in [-0.3, -0.25) is 18.6 Å². The van der Waals surface area contributed by atoms with E-state index in [1.54, 1.807) is 0 Å². The van der Waals surface area contributed by atoms with E-state index < -0.39 is 56.5 Å². The predicted molar refractivity (Wildman–Crippen MR) is 114 cm³/mol. The topological polar surface area (TPSA) is 165 Å². The molecule has 2 amide bonds. The second-order valence-electron chi connectivity index (χ2n) is 7.40. The molecule has 0 aliphatic carbocycles. The van der Waals surface area contributed by atoms with E-state index in [9.17, 15) is 33.4 Å². The maximum Gasteiger partial charge on any atom is 0.424 e. The molecule has 34 heavy (non-hydrogen) atoms. The number of amides is 2. The molecule has 0 spiro atoms. The monoisotopic (exact) mass is 516 g/mol. The number of aliphatic hydroxyl groups is 1. The van der Waals surface area contributed by atoms with E-state index in [2.05, 4.69) is 16.0 Å². The molecule has 2 fully saturated rings. The van der Waals surface area contributed by atoms with Gasteiger partial charge in [0.15, 0.2) is 25.2 Å². The maximum atomic E-state index is 14.6. The van der Waals surface area contributed by atoms with Crippen LogP contribution in [-0.2, 0) is 24.8 Å². The van der Waals surface area contributed by atoms with Gasteiger partial charge >= 0.3 is 19.8 Å². The quantitative estimate of drug-likeness (QED) is 0.512. The fourth-order valence-electron chi connectivity index (χ4n) is 3.25. The van der Waals surface area contributed by atoms with Gasteiger partial charge in [-0.25, -0.2) is 18.9 Å². The Balaban J connectivity index is 1.55. The number of imide groups is 1. The smallest absolute Gasteiger partial charge is 0.424 e. The number of rotatable bonds is 4. The molecule has 1 aromatic heterocycles. The third-order valence-corrected chi connectivity index (χ3v) is 10.1. The molecule has 15 heteroatoms. The normalized spacial score (nSPS) is 31.2. The number of cyclic esters (lactones) is 1. The molecule has 0 saturated carbocycles. The molecular formula is C19H19FN2O10P2. The molecule has 2 aliphatic rings. The first-order chi connectivity index (χ1) is 15.9. The van der Waals surface area contributed by atoms with Gasteiger partial charge in [0, 0.05) is 24.4 Å². The van der Waals surface area contributed by atoms with E-state index in [0.717, 1.165) is 18.2 Å². The summed E-state index contributed by atoms with van der Waals surface area (Å²) in [7, 11) is -9.28. The third kappa shape index (κ3) is 4.39. The van der Waals surface area contributed by atoms with Crippen LogP contribution >= 0.6 is 14.9 Å². The Bertz CT molecular complexity index is 1200. The predicted octanol–water partition coefficient (Wildman–Crippen LogP) is 2.56. The zero-order valence-electron chi connectivity index (χ0n) is 17.3. The Morgan fingerprint density at radius 3 is 2.71 bits per heavy atom. The second-order valence-corrected chi connectivity index (χ2v) is 12.1. The molecule has 12 nitrogen and oxygen atoms in total. The lowest BCUT2D eigenvalue weighted by Gasteiger charge is -2.45. The Kier molecular flexibility index (Phi) is 6.38. The van der Waals surface area contributed by atoms with E-state index in [4.69, 9.17) is 13.8 Å². The van der Waals surface area contributed by atoms with Gasteiger partial charge in [-0.1, -0.05) is 12.1 Å². The Morgan fingerprint density at radius 1 is 1.35 bits per heavy atom. The van der Waals surface area contributed by atoms with Crippen molar-refractivity contribution in [2.75, 3.05) is 13.2 Å². The minimum absolute atomic E-state index is 0.0167. The molecule has 0 bridgehead atoms. The number of aromatic nitrogens is 1. The Labute approximate surface area is 192 Å². The van der Waals surface area contributed by atoms with Gasteiger partial charge < -0.3 is 24.4 Å². The first-order valence-electron chi connectivity index (χ1n) is 9.66. The lowest BCUT2D eigenvalue weighted by molar-refractivity contribution is -0.0475. The van der Waals surface area contributed by atoms with Crippen LogP contribution in [0.3, 0.4) is 0 Å². The summed E-state index contributed by atoms with van der Waals surface area (Å²) in [5.41, 5.74) is 0.142. The van der Waals surface area contributed by atoms with Crippen LogP contribution in [0.15, 0.2) is 42.7 Å². The number of hydrogen-bond acceptors (Lipinski definition) is 10. The van der Waals surface area contributed by atoms with Crippen molar-refractivity contribution in [3.05, 3.63) is 59.7 Å². The van der Waals surface area contributed by atoms with Gasteiger partial charge in [-0.05, 0) is 30.1 Å². The van der Waals surface area contributed by atoms with Crippen molar-refractivity contribution in [3.63, 3.8) is 0 Å². The van der Waals surface area contributed by atoms with Crippen molar-refractivity contribution < 1.29 is 52.0 Å². The number of ether oxygens (including phenoxy) is 2. The molecule has 0 radical (unpaired) electrons. The van der Waals surface area contributed by atoms with Crippen LogP contribution in [0.2, 0.25) is 0 Å². The number of carbonyl (C=O) groups excluding carboxylic acids is 2. The van der Waals surface area contributed by atoms with Gasteiger partial charge in [0.05, 0.1) is 6.54 Å². The van der Waals surface area contributed by atoms with Crippen molar-refractivity contribution in [3.8, 4) is 5.75 Å². The molecule has 2 aliphatic heterocycles. The van der Waals surface area contributed by atoms with Crippen molar-refractivity contribution in [2.45, 2.75) is 17.8 Å². The molecule has 1 aromatic carbocycles. The van der Waals surface area contributed by atoms with Crippen LogP contribution in [0.4, 0.5) is 14.0 Å². The molecule has 2 aromatic rings. The number of halogens is 1. The van der Waals surface area contributed by atoms with Gasteiger partial charge in [-0.2, -0.15) is 0 Å². The largest absolute Gasteiger partial charge is 0.447 e. The van der Waals surface area contributed by atoms with E-state index in [1.165, 1.54) is 24.5 Å². The highest BCUT2D eigenvalue weighted by molar-refractivity contribution is 7.78. The summed E-state index contributed by atoms with van der Waals surface area (Å²) < 4.78 is 47.4. The summed E-state index contributed by atoms with van der Waals surface area (Å²) in [4.78, 5) is 49.2. The van der Waals surface area contributed by atoms with Gasteiger partial charge in [0.1, 0.15) is 6.61 Å². The highest BCUT2D eigenvalue weighted by Gasteiger charge is 2.62. The fourth-order valence-corrected chi connectivity index (χ4v) is 7.24. The molecule has 3 heterocycles. The van der Waals surface area contributed by atoms with Crippen LogP contribution < -0.4 is 4.74 Å². The molecule has 4 atom stereocenters. The second kappa shape index (κ2) is 8.86. The number of benzene rings is 1. The minimum atomic E-state index is -5.01. The van der Waals surface area contributed by atoms with E-state index in [1.807, 2.05) is 0 Å². The summed E-state index contributed by atoms with van der Waals surface area (Å²) in [6.45, 7) is -0.0716. The average molecular weight is 516 g/mol. The first kappa shape index (κ1) is 24.5. The lowest BCUT2D eigenvalue weighted by atomic mass is 10.2. The van der Waals surface area contributed by atoms with E-state index in [-0.39, 0.29) is 18.7 Å². The van der Waals surface area contributed by atoms with Gasteiger partial charge in [0.2, 0.25) is 5.08 Å². The standard InChI is InChI=1S/C19H19FN2O10P2/c1-33(26)19(25,10-12-3-2-6-21-11-12)34(27,28)32-16(31-33)13-4-5-15(14(20)9-13)30-18(24)22-7-8-29-17(22)23/h2-6,9,11,16,25-26H,1,7-8,10H2,(H,27,28). The van der Waals surface area contributed by atoms with Crippen LogP contribution in [0.1, 0.15) is 17.4 Å². The Morgan fingerprint density at radius 2 is 2.12 bits per heavy atom. The minimum Gasteiger partial charge on any atom is -0.447 e. The van der Waals surface area contributed by atoms with Crippen LogP contribution in [0.5, 0.6) is 5.75 Å². The highest BCUT2D eigenvalue weighted by Crippen LogP contribution is 2.78. The SMILES string of the molecule is C=P1(O)OC(c2ccc(OC(=O)N3CCOC3=O)c(F)c2)OP(=O)(O)C1(O)Cc1cccnc1. The summed E-state index contributed by atoms with van der Waals surface area (Å²) in [6, 6.07) is 5.95. The zero-order chi connectivity index (χ0) is 24.7. The molecule has 4 unspecified atom stereocenters. The number of hydrogen-bond donors (Lipinski definition) is 3. The summed E-state index contributed by atoms with van der Waals surface area (Å²) in [5.74, 6) is -1.65. The maximum absolute atomic E-state index is 14.6. The molecule has 4 rings (SSSR count). The number of pyridine rings is 1. The van der Waals surface area contributed by atoms with Crippen LogP contribution in [0.25, 0.3) is 0 Å². The van der Waals surface area contributed by atoms with Crippen molar-refractivity contribution >= 4 is 33.4 Å². The number of carbonyl (C=O) groups is 2. The van der Waals surface area contributed by atoms with Crippen molar-refractivity contribution in [2.24, 2.45) is 0 Å². The van der Waals surface area contributed by atoms with E-state index in [0.29, 0.717) is 10.5 Å². The summed E-state index contributed by atoms with van der Waals surface area (Å²) >= 11 is 0. The third-order valence-electron chi connectivity index (χ3n) is 5.09. The van der Waals surface area contributed by atoms with Crippen molar-refractivity contribution in [1.29, 1.82) is 0 Å². The number of nitrogens with zero attached hydrogens (tertiary/aromatic N) is 2. The fraction of sp³-hybridized carbons (Fsp3) is 0.263. The molecule has 2 saturated heterocycles. The van der Waals surface area contributed by atoms with Crippen LogP contribution in [-0.4, -0.2) is 61.5 Å². The molecule has 3 N–H and O–H groups in total. The van der Waals surface area contributed by atoms with E-state index >= 15 is 0 Å². The molecule has 182 valence electrons. The molecular weight excluding hydrogens is 497 g/mol. The summed E-state index contributed by atoms with van der Waals surface area (Å²) in [5, 5.41) is 8.17. The van der Waals surface area contributed by atoms with Gasteiger partial charge in [-0.15, -0.1) is 0 Å². The summed E-state index contributed by atoms with van der Waals surface area (Å²) in [6.07, 6.45) is 1.81.